The second-order valence-corrected chi connectivity index (χ2v) is 7.94. The second kappa shape index (κ2) is 9.23. The molecule has 6 heteroatoms. The fourth-order valence-corrected chi connectivity index (χ4v) is 3.75. The van der Waals surface area contributed by atoms with Crippen molar-refractivity contribution < 1.29 is 9.53 Å². The lowest BCUT2D eigenvalue weighted by atomic mass is 10.0. The van der Waals surface area contributed by atoms with E-state index in [1.807, 2.05) is 13.8 Å². The largest absolute Gasteiger partial charge is 0.465 e. The summed E-state index contributed by atoms with van der Waals surface area (Å²) in [4.78, 5) is 13.0. The molecule has 1 heterocycles. The Balaban J connectivity index is 2.64. The SMILES string of the molecule is COC(=O)c1c(NC(=S)NC(C)CCCC(C)C)sc(C)c1C. The van der Waals surface area contributed by atoms with E-state index >= 15 is 0 Å². The first kappa shape index (κ1) is 19.9. The van der Waals surface area contributed by atoms with Crippen molar-refractivity contribution in [2.75, 3.05) is 12.4 Å². The van der Waals surface area contributed by atoms with E-state index < -0.39 is 0 Å². The molecule has 1 atom stereocenters. The molecule has 1 rings (SSSR count). The van der Waals surface area contributed by atoms with Crippen LogP contribution in [0, 0.1) is 19.8 Å². The minimum Gasteiger partial charge on any atom is -0.465 e. The molecule has 1 aromatic heterocycles. The minimum atomic E-state index is -0.331. The van der Waals surface area contributed by atoms with Gasteiger partial charge in [-0.2, -0.15) is 0 Å². The molecular formula is C17H28N2O2S2. The third kappa shape index (κ3) is 6.11. The molecule has 0 radical (unpaired) electrons. The fourth-order valence-electron chi connectivity index (χ4n) is 2.33. The smallest absolute Gasteiger partial charge is 0.341 e. The first-order valence-electron chi connectivity index (χ1n) is 8.02. The van der Waals surface area contributed by atoms with Crippen molar-refractivity contribution in [2.24, 2.45) is 5.92 Å². The second-order valence-electron chi connectivity index (χ2n) is 6.30. The normalized spacial score (nSPS) is 12.1. The van der Waals surface area contributed by atoms with E-state index in [1.165, 1.54) is 31.3 Å². The van der Waals surface area contributed by atoms with Crippen LogP contribution >= 0.6 is 23.6 Å². The number of hydrogen-bond donors (Lipinski definition) is 2. The molecule has 0 aliphatic carbocycles. The molecule has 2 N–H and O–H groups in total. The standard InChI is InChI=1S/C17H28N2O2S2/c1-10(2)8-7-9-11(3)18-17(22)19-15-14(16(20)21-6)12(4)13(5)23-15/h10-11H,7-9H2,1-6H3,(H2,18,19,22). The molecule has 1 unspecified atom stereocenters. The number of thiophene rings is 1. The number of esters is 1. The molecule has 0 fully saturated rings. The third-order valence-electron chi connectivity index (χ3n) is 3.80. The molecule has 4 nitrogen and oxygen atoms in total. The Morgan fingerprint density at radius 3 is 2.48 bits per heavy atom. The summed E-state index contributed by atoms with van der Waals surface area (Å²) in [6, 6.07) is 0.303. The van der Waals surface area contributed by atoms with E-state index in [4.69, 9.17) is 17.0 Å². The zero-order valence-electron chi connectivity index (χ0n) is 14.9. The Morgan fingerprint density at radius 2 is 1.91 bits per heavy atom. The van der Waals surface area contributed by atoms with Crippen molar-refractivity contribution in [3.8, 4) is 0 Å². The van der Waals surface area contributed by atoms with Crippen LogP contribution in [0.15, 0.2) is 0 Å². The van der Waals surface area contributed by atoms with Crippen LogP contribution in [0.1, 0.15) is 60.8 Å². The Kier molecular flexibility index (Phi) is 7.99. The van der Waals surface area contributed by atoms with E-state index in [9.17, 15) is 4.79 Å². The quantitative estimate of drug-likeness (QED) is 0.550. The monoisotopic (exact) mass is 356 g/mol. The van der Waals surface area contributed by atoms with Crippen LogP contribution in [0.2, 0.25) is 0 Å². The van der Waals surface area contributed by atoms with Gasteiger partial charge in [0.15, 0.2) is 5.11 Å². The van der Waals surface area contributed by atoms with Crippen LogP contribution < -0.4 is 10.6 Å². The van der Waals surface area contributed by atoms with Gasteiger partial charge in [-0.05, 0) is 50.9 Å². The summed E-state index contributed by atoms with van der Waals surface area (Å²) in [6.45, 7) is 10.5. The number of methoxy groups -OCH3 is 1. The molecule has 0 bridgehead atoms. The predicted molar refractivity (Wildman–Crippen MR) is 103 cm³/mol. The highest BCUT2D eigenvalue weighted by atomic mass is 32.1. The Labute approximate surface area is 149 Å². The number of anilines is 1. The van der Waals surface area contributed by atoms with Crippen molar-refractivity contribution in [1.82, 2.24) is 5.32 Å². The summed E-state index contributed by atoms with van der Waals surface area (Å²) in [7, 11) is 1.39. The van der Waals surface area contributed by atoms with Crippen LogP contribution in [0.3, 0.4) is 0 Å². The lowest BCUT2D eigenvalue weighted by Crippen LogP contribution is -2.36. The summed E-state index contributed by atoms with van der Waals surface area (Å²) in [6.07, 6.45) is 3.48. The molecule has 130 valence electrons. The van der Waals surface area contributed by atoms with Crippen LogP contribution in [-0.2, 0) is 4.74 Å². The van der Waals surface area contributed by atoms with E-state index in [0.29, 0.717) is 16.7 Å². The number of hydrogen-bond acceptors (Lipinski definition) is 4. The molecule has 0 saturated heterocycles. The highest BCUT2D eigenvalue weighted by Gasteiger charge is 2.21. The number of aryl methyl sites for hydroxylation is 1. The first-order chi connectivity index (χ1) is 10.8. The van der Waals surface area contributed by atoms with Gasteiger partial charge >= 0.3 is 5.97 Å². The van der Waals surface area contributed by atoms with E-state index in [-0.39, 0.29) is 5.97 Å². The van der Waals surface area contributed by atoms with Crippen molar-refractivity contribution in [2.45, 2.75) is 59.9 Å². The average Bonchev–Trinajstić information content (AvgIpc) is 2.72. The number of nitrogens with one attached hydrogen (secondary N) is 2. The lowest BCUT2D eigenvalue weighted by molar-refractivity contribution is 0.0601. The number of ether oxygens (including phenoxy) is 1. The zero-order chi connectivity index (χ0) is 17.6. The van der Waals surface area contributed by atoms with Gasteiger partial charge in [-0.1, -0.05) is 26.7 Å². The number of carbonyl (C=O) groups is 1. The Morgan fingerprint density at radius 1 is 1.26 bits per heavy atom. The van der Waals surface area contributed by atoms with Gasteiger partial charge < -0.3 is 15.4 Å². The molecular weight excluding hydrogens is 328 g/mol. The van der Waals surface area contributed by atoms with Gasteiger partial charge in [0.05, 0.1) is 12.7 Å². The zero-order valence-corrected chi connectivity index (χ0v) is 16.5. The van der Waals surface area contributed by atoms with Crippen LogP contribution in [-0.4, -0.2) is 24.2 Å². The molecule has 0 amide bonds. The summed E-state index contributed by atoms with van der Waals surface area (Å²) < 4.78 is 4.87. The van der Waals surface area contributed by atoms with Crippen LogP contribution in [0.25, 0.3) is 0 Å². The van der Waals surface area contributed by atoms with Crippen molar-refractivity contribution in [3.05, 3.63) is 16.0 Å². The third-order valence-corrected chi connectivity index (χ3v) is 5.14. The van der Waals surface area contributed by atoms with Gasteiger partial charge in [-0.15, -0.1) is 11.3 Å². The fraction of sp³-hybridized carbons (Fsp3) is 0.647. The van der Waals surface area contributed by atoms with Gasteiger partial charge in [0.25, 0.3) is 0 Å². The highest BCUT2D eigenvalue weighted by molar-refractivity contribution is 7.80. The molecule has 1 aromatic rings. The Hall–Kier alpha value is -1.14. The van der Waals surface area contributed by atoms with Crippen LogP contribution in [0.5, 0.6) is 0 Å². The van der Waals surface area contributed by atoms with E-state index in [2.05, 4.69) is 31.4 Å². The summed E-state index contributed by atoms with van der Waals surface area (Å²) in [5, 5.41) is 7.74. The van der Waals surface area contributed by atoms with Crippen molar-refractivity contribution in [3.63, 3.8) is 0 Å². The number of carbonyl (C=O) groups excluding carboxylic acids is 1. The van der Waals surface area contributed by atoms with Crippen molar-refractivity contribution >= 4 is 39.6 Å². The summed E-state index contributed by atoms with van der Waals surface area (Å²) >= 11 is 6.90. The maximum absolute atomic E-state index is 12.0. The average molecular weight is 357 g/mol. The van der Waals surface area contributed by atoms with Gasteiger partial charge in [-0.25, -0.2) is 4.79 Å². The van der Waals surface area contributed by atoms with Gasteiger partial charge in [0, 0.05) is 10.9 Å². The highest BCUT2D eigenvalue weighted by Crippen LogP contribution is 2.32. The number of rotatable bonds is 7. The van der Waals surface area contributed by atoms with E-state index in [1.54, 1.807) is 0 Å². The molecule has 0 aromatic carbocycles. The lowest BCUT2D eigenvalue weighted by Gasteiger charge is -2.17. The molecule has 0 spiro atoms. The molecule has 0 aliphatic heterocycles. The van der Waals surface area contributed by atoms with E-state index in [0.717, 1.165) is 27.8 Å². The van der Waals surface area contributed by atoms with Gasteiger partial charge in [0.1, 0.15) is 5.00 Å². The van der Waals surface area contributed by atoms with Gasteiger partial charge in [0.2, 0.25) is 0 Å². The predicted octanol–water partition coefficient (Wildman–Crippen LogP) is 4.65. The van der Waals surface area contributed by atoms with Gasteiger partial charge in [-0.3, -0.25) is 0 Å². The topological polar surface area (TPSA) is 50.4 Å². The first-order valence-corrected chi connectivity index (χ1v) is 9.24. The molecule has 0 aliphatic rings. The Bertz CT molecular complexity index is 553. The molecule has 23 heavy (non-hydrogen) atoms. The number of thiocarbonyl (C=S) groups is 1. The summed E-state index contributed by atoms with van der Waals surface area (Å²) in [5.41, 5.74) is 1.52. The minimum absolute atomic E-state index is 0.303. The molecule has 0 saturated carbocycles. The summed E-state index contributed by atoms with van der Waals surface area (Å²) in [5.74, 6) is 0.397. The van der Waals surface area contributed by atoms with Crippen molar-refractivity contribution in [1.29, 1.82) is 0 Å². The van der Waals surface area contributed by atoms with Crippen LogP contribution in [0.4, 0.5) is 5.00 Å². The maximum Gasteiger partial charge on any atom is 0.341 e. The maximum atomic E-state index is 12.0.